The maximum absolute atomic E-state index is 5.86. The summed E-state index contributed by atoms with van der Waals surface area (Å²) in [4.78, 5) is 8.29. The van der Waals surface area contributed by atoms with Gasteiger partial charge < -0.3 is 11.1 Å². The Bertz CT molecular complexity index is 325. The van der Waals surface area contributed by atoms with Gasteiger partial charge in [0.2, 0.25) is 0 Å². The van der Waals surface area contributed by atoms with E-state index >= 15 is 0 Å². The predicted molar refractivity (Wildman–Crippen MR) is 68.4 cm³/mol. The molecule has 16 heavy (non-hydrogen) atoms. The molecule has 90 valence electrons. The number of anilines is 2. The van der Waals surface area contributed by atoms with Crippen LogP contribution in [-0.4, -0.2) is 16.5 Å². The van der Waals surface area contributed by atoms with Crippen LogP contribution in [0, 0.1) is 5.92 Å². The Morgan fingerprint density at radius 3 is 2.75 bits per heavy atom. The molecule has 1 aromatic heterocycles. The van der Waals surface area contributed by atoms with Crippen molar-refractivity contribution in [3.8, 4) is 0 Å². The molecule has 0 aromatic carbocycles. The lowest BCUT2D eigenvalue weighted by Crippen LogP contribution is -2.14. The van der Waals surface area contributed by atoms with Crippen LogP contribution in [0.5, 0.6) is 0 Å². The van der Waals surface area contributed by atoms with Crippen LogP contribution in [0.2, 0.25) is 0 Å². The quantitative estimate of drug-likeness (QED) is 0.776. The fourth-order valence-electron chi connectivity index (χ4n) is 1.49. The van der Waals surface area contributed by atoms with Crippen LogP contribution < -0.4 is 11.1 Å². The van der Waals surface area contributed by atoms with Crippen LogP contribution >= 0.6 is 0 Å². The van der Waals surface area contributed by atoms with Crippen molar-refractivity contribution < 1.29 is 0 Å². The molecule has 1 aromatic rings. The molecule has 1 rings (SSSR count). The molecule has 0 amide bonds. The van der Waals surface area contributed by atoms with Gasteiger partial charge in [-0.15, -0.1) is 0 Å². The molecular formula is C12H22N4. The van der Waals surface area contributed by atoms with Crippen LogP contribution in [-0.2, 0) is 6.42 Å². The van der Waals surface area contributed by atoms with E-state index in [0.29, 0.717) is 11.7 Å². The molecule has 4 nitrogen and oxygen atoms in total. The van der Waals surface area contributed by atoms with Crippen molar-refractivity contribution in [3.05, 3.63) is 11.9 Å². The first-order valence-corrected chi connectivity index (χ1v) is 6.02. The van der Waals surface area contributed by atoms with Gasteiger partial charge in [-0.2, -0.15) is 0 Å². The summed E-state index contributed by atoms with van der Waals surface area (Å²) in [6.07, 6.45) is 4.66. The first kappa shape index (κ1) is 12.7. The van der Waals surface area contributed by atoms with E-state index in [0.717, 1.165) is 37.2 Å². The maximum atomic E-state index is 5.86. The zero-order valence-electron chi connectivity index (χ0n) is 10.5. The highest BCUT2D eigenvalue weighted by Gasteiger charge is 2.08. The Balaban J connectivity index is 2.74. The van der Waals surface area contributed by atoms with Crippen molar-refractivity contribution in [2.75, 3.05) is 17.6 Å². The van der Waals surface area contributed by atoms with E-state index in [4.69, 9.17) is 5.73 Å². The Kier molecular flexibility index (Phi) is 5.02. The van der Waals surface area contributed by atoms with Gasteiger partial charge in [0.15, 0.2) is 0 Å². The highest BCUT2D eigenvalue weighted by Crippen LogP contribution is 2.19. The fraction of sp³-hybridized carbons (Fsp3) is 0.667. The van der Waals surface area contributed by atoms with E-state index in [2.05, 4.69) is 36.1 Å². The monoisotopic (exact) mass is 222 g/mol. The SMILES string of the molecule is CCCc1c(N)ncnc1NCC(C)CC. The van der Waals surface area contributed by atoms with Crippen LogP contribution in [0.25, 0.3) is 0 Å². The third-order valence-corrected chi connectivity index (χ3v) is 2.79. The highest BCUT2D eigenvalue weighted by atomic mass is 15.0. The van der Waals surface area contributed by atoms with Crippen LogP contribution in [0.3, 0.4) is 0 Å². The second-order valence-corrected chi connectivity index (χ2v) is 4.23. The van der Waals surface area contributed by atoms with E-state index in [1.165, 1.54) is 6.33 Å². The standard InChI is InChI=1S/C12H22N4/c1-4-6-10-11(13)15-8-16-12(10)14-7-9(3)5-2/h8-9H,4-7H2,1-3H3,(H3,13,14,15,16). The molecule has 0 fully saturated rings. The molecule has 3 N–H and O–H groups in total. The minimum atomic E-state index is 0.600. The summed E-state index contributed by atoms with van der Waals surface area (Å²) >= 11 is 0. The van der Waals surface area contributed by atoms with Crippen molar-refractivity contribution in [1.29, 1.82) is 0 Å². The molecule has 1 unspecified atom stereocenters. The largest absolute Gasteiger partial charge is 0.383 e. The molecular weight excluding hydrogens is 200 g/mol. The second-order valence-electron chi connectivity index (χ2n) is 4.23. The lowest BCUT2D eigenvalue weighted by Gasteiger charge is -2.14. The number of hydrogen-bond donors (Lipinski definition) is 2. The van der Waals surface area contributed by atoms with Crippen molar-refractivity contribution >= 4 is 11.6 Å². The number of nitrogen functional groups attached to an aromatic ring is 1. The highest BCUT2D eigenvalue weighted by molar-refractivity contribution is 5.54. The van der Waals surface area contributed by atoms with E-state index in [9.17, 15) is 0 Å². The number of nitrogens with one attached hydrogen (secondary N) is 1. The van der Waals surface area contributed by atoms with E-state index in [-0.39, 0.29) is 0 Å². The molecule has 0 aliphatic carbocycles. The molecule has 0 saturated carbocycles. The van der Waals surface area contributed by atoms with Crippen LogP contribution in [0.1, 0.15) is 39.2 Å². The van der Waals surface area contributed by atoms with Crippen molar-refractivity contribution in [1.82, 2.24) is 9.97 Å². The summed E-state index contributed by atoms with van der Waals surface area (Å²) in [6.45, 7) is 7.47. The molecule has 1 heterocycles. The first-order chi connectivity index (χ1) is 7.69. The molecule has 0 saturated heterocycles. The topological polar surface area (TPSA) is 63.8 Å². The van der Waals surface area contributed by atoms with Gasteiger partial charge in [-0.3, -0.25) is 0 Å². The molecule has 0 aliphatic heterocycles. The first-order valence-electron chi connectivity index (χ1n) is 6.02. The molecule has 0 spiro atoms. The zero-order chi connectivity index (χ0) is 12.0. The summed E-state index contributed by atoms with van der Waals surface area (Å²) in [5.74, 6) is 2.14. The fourth-order valence-corrected chi connectivity index (χ4v) is 1.49. The summed E-state index contributed by atoms with van der Waals surface area (Å²) in [5.41, 5.74) is 6.90. The van der Waals surface area contributed by atoms with Gasteiger partial charge in [-0.05, 0) is 12.3 Å². The molecule has 1 atom stereocenters. The Morgan fingerprint density at radius 1 is 1.38 bits per heavy atom. The van der Waals surface area contributed by atoms with E-state index in [1.54, 1.807) is 0 Å². The lowest BCUT2D eigenvalue weighted by molar-refractivity contribution is 0.592. The third kappa shape index (κ3) is 3.36. The van der Waals surface area contributed by atoms with Crippen molar-refractivity contribution in [3.63, 3.8) is 0 Å². The van der Waals surface area contributed by atoms with Crippen LogP contribution in [0.15, 0.2) is 6.33 Å². The predicted octanol–water partition coefficient (Wildman–Crippen LogP) is 2.47. The summed E-state index contributed by atoms with van der Waals surface area (Å²) in [6, 6.07) is 0. The summed E-state index contributed by atoms with van der Waals surface area (Å²) in [5, 5.41) is 3.36. The van der Waals surface area contributed by atoms with Gasteiger partial charge in [-0.1, -0.05) is 33.6 Å². The van der Waals surface area contributed by atoms with E-state index < -0.39 is 0 Å². The Morgan fingerprint density at radius 2 is 2.12 bits per heavy atom. The maximum Gasteiger partial charge on any atom is 0.134 e. The van der Waals surface area contributed by atoms with Gasteiger partial charge in [0.25, 0.3) is 0 Å². The Labute approximate surface area is 97.7 Å². The van der Waals surface area contributed by atoms with Gasteiger partial charge in [0.1, 0.15) is 18.0 Å². The van der Waals surface area contributed by atoms with Crippen LogP contribution in [0.4, 0.5) is 11.6 Å². The number of aromatic nitrogens is 2. The summed E-state index contributed by atoms with van der Waals surface area (Å²) in [7, 11) is 0. The third-order valence-electron chi connectivity index (χ3n) is 2.79. The average Bonchev–Trinajstić information content (AvgIpc) is 2.29. The normalized spacial score (nSPS) is 12.4. The lowest BCUT2D eigenvalue weighted by atomic mass is 10.1. The zero-order valence-corrected chi connectivity index (χ0v) is 10.5. The summed E-state index contributed by atoms with van der Waals surface area (Å²) < 4.78 is 0. The number of rotatable bonds is 6. The van der Waals surface area contributed by atoms with Gasteiger partial charge >= 0.3 is 0 Å². The number of nitrogens with zero attached hydrogens (tertiary/aromatic N) is 2. The molecule has 0 radical (unpaired) electrons. The van der Waals surface area contributed by atoms with Gasteiger partial charge in [0.05, 0.1) is 0 Å². The minimum absolute atomic E-state index is 0.600. The molecule has 4 heteroatoms. The van der Waals surface area contributed by atoms with Gasteiger partial charge in [0, 0.05) is 12.1 Å². The van der Waals surface area contributed by atoms with Crippen molar-refractivity contribution in [2.45, 2.75) is 40.0 Å². The van der Waals surface area contributed by atoms with Crippen molar-refractivity contribution in [2.24, 2.45) is 5.92 Å². The number of hydrogen-bond acceptors (Lipinski definition) is 4. The smallest absolute Gasteiger partial charge is 0.134 e. The number of nitrogens with two attached hydrogens (primary N) is 1. The molecule has 0 bridgehead atoms. The second kappa shape index (κ2) is 6.30. The van der Waals surface area contributed by atoms with E-state index in [1.807, 2.05) is 0 Å². The Hall–Kier alpha value is -1.32. The van der Waals surface area contributed by atoms with Gasteiger partial charge in [-0.25, -0.2) is 9.97 Å². The minimum Gasteiger partial charge on any atom is -0.383 e. The average molecular weight is 222 g/mol. The molecule has 0 aliphatic rings.